The van der Waals surface area contributed by atoms with Crippen molar-refractivity contribution in [1.82, 2.24) is 5.32 Å². The summed E-state index contributed by atoms with van der Waals surface area (Å²) in [6, 6.07) is 6.75. The van der Waals surface area contributed by atoms with Crippen LogP contribution in [0.25, 0.3) is 11.0 Å². The number of hydrogen-bond donors (Lipinski definition) is 2. The van der Waals surface area contributed by atoms with Crippen molar-refractivity contribution in [3.63, 3.8) is 0 Å². The lowest BCUT2D eigenvalue weighted by molar-refractivity contribution is -0.930. The fourth-order valence-electron chi connectivity index (χ4n) is 3.39. The minimum absolute atomic E-state index is 0.0256. The molecule has 144 valence electrons. The average molecular weight is 375 g/mol. The second-order valence-electron chi connectivity index (χ2n) is 6.34. The predicted molar refractivity (Wildman–Crippen MR) is 95.1 cm³/mol. The summed E-state index contributed by atoms with van der Waals surface area (Å²) in [5, 5.41) is 3.59. The molecule has 0 radical (unpaired) electrons. The van der Waals surface area contributed by atoms with Gasteiger partial charge in [-0.15, -0.1) is 0 Å². The van der Waals surface area contributed by atoms with Crippen LogP contribution < -0.4 is 10.2 Å². The Hall–Kier alpha value is -2.87. The first-order chi connectivity index (χ1) is 13.0. The van der Waals surface area contributed by atoms with Crippen molar-refractivity contribution in [2.24, 2.45) is 0 Å². The summed E-state index contributed by atoms with van der Waals surface area (Å²) in [5.74, 6) is -1.04. The van der Waals surface area contributed by atoms with Crippen molar-refractivity contribution in [3.05, 3.63) is 35.6 Å². The third kappa shape index (κ3) is 3.95. The molecule has 1 aliphatic rings. The van der Waals surface area contributed by atoms with Crippen LogP contribution in [-0.2, 0) is 25.6 Å². The molecule has 1 aromatic heterocycles. The molecule has 0 saturated carbocycles. The maximum absolute atomic E-state index is 12.4. The van der Waals surface area contributed by atoms with Gasteiger partial charge in [0, 0.05) is 5.39 Å². The van der Waals surface area contributed by atoms with Gasteiger partial charge < -0.3 is 24.1 Å². The minimum Gasteiger partial charge on any atom is -0.469 e. The summed E-state index contributed by atoms with van der Waals surface area (Å²) in [4.78, 5) is 37.3. The number of piperazine rings is 1. The number of fused-ring (bicyclic) bond motifs is 1. The zero-order chi connectivity index (χ0) is 19.4. The third-order valence-corrected chi connectivity index (χ3v) is 4.72. The Morgan fingerprint density at radius 1 is 1.33 bits per heavy atom. The summed E-state index contributed by atoms with van der Waals surface area (Å²) in [6.45, 7) is 3.44. The van der Waals surface area contributed by atoms with Crippen LogP contribution in [0.1, 0.15) is 29.5 Å². The van der Waals surface area contributed by atoms with Gasteiger partial charge in [-0.25, -0.2) is 4.79 Å². The molecule has 0 spiro atoms. The molecule has 8 nitrogen and oxygen atoms in total. The van der Waals surface area contributed by atoms with E-state index in [2.05, 4.69) is 5.32 Å². The summed E-state index contributed by atoms with van der Waals surface area (Å²) < 4.78 is 15.6. The molecular weight excluding hydrogens is 352 g/mol. The largest absolute Gasteiger partial charge is 0.469 e. The van der Waals surface area contributed by atoms with Crippen LogP contribution in [0.15, 0.2) is 28.7 Å². The van der Waals surface area contributed by atoms with E-state index in [0.717, 1.165) is 10.3 Å². The monoisotopic (exact) mass is 375 g/mol. The highest BCUT2D eigenvalue weighted by Crippen LogP contribution is 2.26. The molecule has 3 rings (SSSR count). The second-order valence-corrected chi connectivity index (χ2v) is 6.34. The van der Waals surface area contributed by atoms with Gasteiger partial charge >= 0.3 is 11.9 Å². The van der Waals surface area contributed by atoms with Gasteiger partial charge in [-0.2, -0.15) is 0 Å². The Kier molecular flexibility index (Phi) is 5.75. The molecule has 1 saturated heterocycles. The first kappa shape index (κ1) is 18.9. The lowest BCUT2D eigenvalue weighted by Gasteiger charge is -2.31. The topological polar surface area (TPSA) is 99.3 Å². The second kappa shape index (κ2) is 8.22. The molecule has 1 unspecified atom stereocenters. The van der Waals surface area contributed by atoms with Gasteiger partial charge in [-0.1, -0.05) is 18.2 Å². The van der Waals surface area contributed by atoms with Crippen LogP contribution in [-0.4, -0.2) is 50.7 Å². The number of carbonyl (C=O) groups is 3. The van der Waals surface area contributed by atoms with E-state index in [4.69, 9.17) is 13.9 Å². The highest BCUT2D eigenvalue weighted by atomic mass is 16.5. The van der Waals surface area contributed by atoms with E-state index in [1.54, 1.807) is 13.0 Å². The lowest BCUT2D eigenvalue weighted by Crippen LogP contribution is -3.18. The first-order valence-electron chi connectivity index (χ1n) is 8.91. The summed E-state index contributed by atoms with van der Waals surface area (Å²) in [7, 11) is 1.30. The van der Waals surface area contributed by atoms with Crippen LogP contribution in [0, 0.1) is 0 Å². The Morgan fingerprint density at radius 2 is 2.11 bits per heavy atom. The zero-order valence-corrected chi connectivity index (χ0v) is 15.4. The van der Waals surface area contributed by atoms with Crippen molar-refractivity contribution >= 4 is 28.8 Å². The fraction of sp³-hybridized carbons (Fsp3) is 0.421. The molecule has 8 heteroatoms. The average Bonchev–Trinajstić information content (AvgIpc) is 3.03. The lowest BCUT2D eigenvalue weighted by atomic mass is 10.0. The fourth-order valence-corrected chi connectivity index (χ4v) is 3.39. The van der Waals surface area contributed by atoms with Gasteiger partial charge in [-0.3, -0.25) is 9.59 Å². The van der Waals surface area contributed by atoms with Crippen molar-refractivity contribution in [1.29, 1.82) is 0 Å². The summed E-state index contributed by atoms with van der Waals surface area (Å²) in [6.07, 6.45) is -0.0256. The number of rotatable bonds is 6. The number of furan rings is 1. The summed E-state index contributed by atoms with van der Waals surface area (Å²) >= 11 is 0. The van der Waals surface area contributed by atoms with E-state index in [1.165, 1.54) is 7.11 Å². The Labute approximate surface area is 156 Å². The quantitative estimate of drug-likeness (QED) is 0.693. The molecular formula is C19H23N2O6+. The molecule has 1 aliphatic heterocycles. The van der Waals surface area contributed by atoms with Crippen LogP contribution in [0.5, 0.6) is 0 Å². The van der Waals surface area contributed by atoms with E-state index in [1.807, 2.05) is 18.2 Å². The number of methoxy groups -OCH3 is 1. The van der Waals surface area contributed by atoms with Crippen molar-refractivity contribution in [2.75, 3.05) is 26.8 Å². The van der Waals surface area contributed by atoms with Crippen molar-refractivity contribution in [2.45, 2.75) is 25.9 Å². The Morgan fingerprint density at radius 3 is 2.85 bits per heavy atom. The number of benzene rings is 1. The van der Waals surface area contributed by atoms with E-state index in [0.29, 0.717) is 30.8 Å². The van der Waals surface area contributed by atoms with Gasteiger partial charge in [-0.05, 0) is 13.0 Å². The van der Waals surface area contributed by atoms with Crippen molar-refractivity contribution in [3.8, 4) is 0 Å². The smallest absolute Gasteiger partial charge is 0.374 e. The van der Waals surface area contributed by atoms with Gasteiger partial charge in [0.2, 0.25) is 5.76 Å². The number of amides is 1. The van der Waals surface area contributed by atoms with Crippen LogP contribution in [0.2, 0.25) is 0 Å². The Balaban J connectivity index is 1.96. The van der Waals surface area contributed by atoms with E-state index in [-0.39, 0.29) is 24.7 Å². The molecule has 2 N–H and O–H groups in total. The number of nitrogens with one attached hydrogen (secondary N) is 2. The van der Waals surface area contributed by atoms with E-state index in [9.17, 15) is 14.4 Å². The summed E-state index contributed by atoms with van der Waals surface area (Å²) in [5.41, 5.74) is 1.27. The van der Waals surface area contributed by atoms with Gasteiger partial charge in [0.25, 0.3) is 5.91 Å². The number of para-hydroxylation sites is 1. The molecule has 0 bridgehead atoms. The predicted octanol–water partition coefficient (Wildman–Crippen LogP) is 0.0559. The molecule has 2 aromatic rings. The number of esters is 2. The van der Waals surface area contributed by atoms with Gasteiger partial charge in [0.15, 0.2) is 6.04 Å². The minimum atomic E-state index is -0.588. The first-order valence-corrected chi connectivity index (χ1v) is 8.91. The van der Waals surface area contributed by atoms with Crippen molar-refractivity contribution < 1.29 is 33.2 Å². The zero-order valence-electron chi connectivity index (χ0n) is 15.4. The molecule has 1 aromatic carbocycles. The highest BCUT2D eigenvalue weighted by Gasteiger charge is 2.37. The standard InChI is InChI=1S/C19H22N2O6/c1-3-26-19(24)17-13(12-6-4-5-7-15(12)27-17)11-21-9-8-20-18(23)14(21)10-16(22)25-2/h4-7,14H,3,8-11H2,1-2H3,(H,20,23)/p+1/t14-/m0/s1. The molecule has 2 atom stereocenters. The van der Waals surface area contributed by atoms with E-state index >= 15 is 0 Å². The maximum atomic E-state index is 12.4. The third-order valence-electron chi connectivity index (χ3n) is 4.72. The number of quaternary nitrogens is 1. The molecule has 0 aliphatic carbocycles. The molecule has 2 heterocycles. The number of ether oxygens (including phenoxy) is 2. The Bertz CT molecular complexity index is 859. The molecule has 27 heavy (non-hydrogen) atoms. The maximum Gasteiger partial charge on any atom is 0.374 e. The SMILES string of the molecule is CCOC(=O)c1oc2ccccc2c1C[NH+]1CCNC(=O)[C@@H]1CC(=O)OC. The van der Waals surface area contributed by atoms with E-state index < -0.39 is 18.0 Å². The van der Waals surface area contributed by atoms with Crippen LogP contribution in [0.4, 0.5) is 0 Å². The highest BCUT2D eigenvalue weighted by molar-refractivity contribution is 5.96. The number of carbonyl (C=O) groups excluding carboxylic acids is 3. The molecule has 1 fully saturated rings. The normalized spacial score (nSPS) is 19.6. The van der Waals surface area contributed by atoms with Gasteiger partial charge in [0.05, 0.1) is 32.4 Å². The van der Waals surface area contributed by atoms with Crippen LogP contribution >= 0.6 is 0 Å². The van der Waals surface area contributed by atoms with Crippen LogP contribution in [0.3, 0.4) is 0 Å². The number of hydrogen-bond acceptors (Lipinski definition) is 6. The van der Waals surface area contributed by atoms with Gasteiger partial charge in [0.1, 0.15) is 18.5 Å². The molecule has 1 amide bonds.